The van der Waals surface area contributed by atoms with E-state index in [1.807, 2.05) is 5.32 Å². The molecule has 0 aliphatic rings. The van der Waals surface area contributed by atoms with Gasteiger partial charge in [-0.1, -0.05) is 12.1 Å². The van der Waals surface area contributed by atoms with E-state index in [9.17, 15) is 22.8 Å². The molecule has 1 atom stereocenters. The van der Waals surface area contributed by atoms with Crippen molar-refractivity contribution < 1.29 is 32.6 Å². The number of carbonyl (C=O) groups excluding carboxylic acids is 2. The van der Waals surface area contributed by atoms with Crippen molar-refractivity contribution in [3.05, 3.63) is 65.0 Å². The summed E-state index contributed by atoms with van der Waals surface area (Å²) in [5.41, 5.74) is 4.56. The molecule has 138 valence electrons. The van der Waals surface area contributed by atoms with Crippen LogP contribution in [0, 0.1) is 17.5 Å². The first-order chi connectivity index (χ1) is 12.3. The van der Waals surface area contributed by atoms with E-state index in [2.05, 4.69) is 0 Å². The number of hydrogen-bond donors (Lipinski definition) is 3. The number of carbonyl (C=O) groups is 2. The van der Waals surface area contributed by atoms with Crippen LogP contribution in [0.3, 0.4) is 0 Å². The highest BCUT2D eigenvalue weighted by atomic mass is 19.1. The molecule has 0 bridgehead atoms. The van der Waals surface area contributed by atoms with Crippen molar-refractivity contribution in [3.8, 4) is 5.75 Å². The van der Waals surface area contributed by atoms with Crippen LogP contribution in [0.4, 0.5) is 13.2 Å². The third-order valence-electron chi connectivity index (χ3n) is 3.39. The minimum atomic E-state index is -1.48. The van der Waals surface area contributed by atoms with Gasteiger partial charge in [-0.3, -0.25) is 9.59 Å². The predicted molar refractivity (Wildman–Crippen MR) is 84.6 cm³/mol. The largest absolute Gasteiger partial charge is 0.489 e. The van der Waals surface area contributed by atoms with E-state index in [1.54, 1.807) is 0 Å². The van der Waals surface area contributed by atoms with Crippen molar-refractivity contribution in [2.24, 2.45) is 5.73 Å². The van der Waals surface area contributed by atoms with Crippen LogP contribution in [0.25, 0.3) is 0 Å². The molecule has 2 aromatic rings. The molecule has 0 radical (unpaired) electrons. The van der Waals surface area contributed by atoms with Gasteiger partial charge in [-0.05, 0) is 17.7 Å². The van der Waals surface area contributed by atoms with Crippen LogP contribution in [-0.2, 0) is 11.4 Å². The average molecular weight is 368 g/mol. The van der Waals surface area contributed by atoms with Gasteiger partial charge in [-0.2, -0.15) is 0 Å². The average Bonchev–Trinajstić information content (AvgIpc) is 2.58. The zero-order valence-electron chi connectivity index (χ0n) is 13.3. The van der Waals surface area contributed by atoms with Gasteiger partial charge in [-0.15, -0.1) is 0 Å². The fourth-order valence-electron chi connectivity index (χ4n) is 2.03. The van der Waals surface area contributed by atoms with E-state index < -0.39 is 47.5 Å². The van der Waals surface area contributed by atoms with Gasteiger partial charge in [0.05, 0.1) is 6.61 Å². The molecule has 2 aromatic carbocycles. The van der Waals surface area contributed by atoms with Gasteiger partial charge in [-0.25, -0.2) is 13.2 Å². The molecule has 0 saturated heterocycles. The van der Waals surface area contributed by atoms with Crippen molar-refractivity contribution in [3.63, 3.8) is 0 Å². The van der Waals surface area contributed by atoms with Gasteiger partial charge in [0, 0.05) is 12.1 Å². The van der Waals surface area contributed by atoms with Crippen molar-refractivity contribution in [2.75, 3.05) is 6.61 Å². The Balaban J connectivity index is 2.12. The smallest absolute Gasteiger partial charge is 0.257 e. The number of aliphatic hydroxyl groups excluding tert-OH is 1. The van der Waals surface area contributed by atoms with E-state index >= 15 is 0 Å². The molecule has 26 heavy (non-hydrogen) atoms. The molecular weight excluding hydrogens is 353 g/mol. The van der Waals surface area contributed by atoms with Gasteiger partial charge in [0.1, 0.15) is 41.4 Å². The van der Waals surface area contributed by atoms with E-state index in [-0.39, 0.29) is 12.4 Å². The van der Waals surface area contributed by atoms with Crippen LogP contribution in [0.15, 0.2) is 36.4 Å². The molecule has 2 rings (SSSR count). The zero-order chi connectivity index (χ0) is 19.3. The number of aliphatic hydroxyl groups is 1. The van der Waals surface area contributed by atoms with E-state index in [1.165, 1.54) is 24.3 Å². The lowest BCUT2D eigenvalue weighted by molar-refractivity contribution is -0.120. The summed E-state index contributed by atoms with van der Waals surface area (Å²) in [5, 5.41) is 10.9. The van der Waals surface area contributed by atoms with Crippen LogP contribution in [0.5, 0.6) is 5.75 Å². The van der Waals surface area contributed by atoms with Crippen LogP contribution in [-0.4, -0.2) is 29.6 Å². The van der Waals surface area contributed by atoms with E-state index in [0.717, 1.165) is 12.1 Å². The van der Waals surface area contributed by atoms with Crippen molar-refractivity contribution >= 4 is 11.8 Å². The summed E-state index contributed by atoms with van der Waals surface area (Å²) in [4.78, 5) is 22.9. The van der Waals surface area contributed by atoms with Crippen molar-refractivity contribution in [1.82, 2.24) is 5.32 Å². The van der Waals surface area contributed by atoms with E-state index in [4.69, 9.17) is 15.6 Å². The van der Waals surface area contributed by atoms with Crippen LogP contribution in [0.1, 0.15) is 15.9 Å². The number of benzene rings is 2. The molecule has 0 fully saturated rings. The summed E-state index contributed by atoms with van der Waals surface area (Å²) in [5.74, 6) is -5.37. The Morgan fingerprint density at radius 1 is 1.12 bits per heavy atom. The summed E-state index contributed by atoms with van der Waals surface area (Å²) < 4.78 is 46.2. The summed E-state index contributed by atoms with van der Waals surface area (Å²) in [6, 6.07) is 5.42. The second-order valence-corrected chi connectivity index (χ2v) is 5.29. The number of ether oxygens (including phenoxy) is 1. The topological polar surface area (TPSA) is 102 Å². The lowest BCUT2D eigenvalue weighted by atomic mass is 10.1. The Morgan fingerprint density at radius 2 is 1.69 bits per heavy atom. The highest BCUT2D eigenvalue weighted by Crippen LogP contribution is 2.22. The normalized spacial score (nSPS) is 11.7. The number of rotatable bonds is 7. The summed E-state index contributed by atoms with van der Waals surface area (Å²) in [6.07, 6.45) is 0. The van der Waals surface area contributed by atoms with Crippen molar-refractivity contribution in [2.45, 2.75) is 12.6 Å². The quantitative estimate of drug-likeness (QED) is 0.685. The lowest BCUT2D eigenvalue weighted by Gasteiger charge is -2.14. The number of nitrogens with two attached hydrogens (primary N) is 1. The van der Waals surface area contributed by atoms with Gasteiger partial charge < -0.3 is 20.9 Å². The first-order valence-corrected chi connectivity index (χ1v) is 7.39. The number of primary amides is 1. The number of halogens is 3. The molecular formula is C17H15F3N2O4. The molecule has 0 heterocycles. The van der Waals surface area contributed by atoms with E-state index in [0.29, 0.717) is 5.56 Å². The van der Waals surface area contributed by atoms with Gasteiger partial charge >= 0.3 is 0 Å². The monoisotopic (exact) mass is 368 g/mol. The summed E-state index contributed by atoms with van der Waals surface area (Å²) >= 11 is 0. The minimum Gasteiger partial charge on any atom is -0.489 e. The van der Waals surface area contributed by atoms with Gasteiger partial charge in [0.25, 0.3) is 5.91 Å². The second-order valence-electron chi connectivity index (χ2n) is 5.29. The predicted octanol–water partition coefficient (Wildman–Crippen LogP) is 1.26. The molecule has 0 aromatic heterocycles. The SMILES string of the molecule is NC(=O)C(CO)NC(=O)c1c(F)cc(OCc2ccc(F)cc2)cc1F. The number of nitrogens with one attached hydrogen (secondary N) is 1. The Hall–Kier alpha value is -3.07. The highest BCUT2D eigenvalue weighted by molar-refractivity contribution is 5.97. The van der Waals surface area contributed by atoms with Crippen LogP contribution < -0.4 is 15.8 Å². The van der Waals surface area contributed by atoms with Crippen LogP contribution in [0.2, 0.25) is 0 Å². The van der Waals surface area contributed by atoms with Crippen LogP contribution >= 0.6 is 0 Å². The third-order valence-corrected chi connectivity index (χ3v) is 3.39. The molecule has 4 N–H and O–H groups in total. The number of hydrogen-bond acceptors (Lipinski definition) is 4. The molecule has 1 unspecified atom stereocenters. The van der Waals surface area contributed by atoms with Gasteiger partial charge in [0.2, 0.25) is 5.91 Å². The number of amides is 2. The molecule has 9 heteroatoms. The molecule has 0 aliphatic heterocycles. The maximum Gasteiger partial charge on any atom is 0.257 e. The zero-order valence-corrected chi connectivity index (χ0v) is 13.3. The fourth-order valence-corrected chi connectivity index (χ4v) is 2.03. The van der Waals surface area contributed by atoms with Crippen molar-refractivity contribution in [1.29, 1.82) is 0 Å². The maximum atomic E-state index is 14.1. The summed E-state index contributed by atoms with van der Waals surface area (Å²) in [7, 11) is 0. The molecule has 0 spiro atoms. The second kappa shape index (κ2) is 8.34. The standard InChI is InChI=1S/C17H15F3N2O4/c18-10-3-1-9(2-4-10)8-26-11-5-12(19)15(13(20)6-11)17(25)22-14(7-23)16(21)24/h1-6,14,23H,7-8H2,(H2,21,24)(H,22,25). The Bertz CT molecular complexity index is 789. The Morgan fingerprint density at radius 3 is 2.19 bits per heavy atom. The highest BCUT2D eigenvalue weighted by Gasteiger charge is 2.24. The van der Waals surface area contributed by atoms with Gasteiger partial charge in [0.15, 0.2) is 0 Å². The fraction of sp³-hybridized carbons (Fsp3) is 0.176. The first kappa shape index (κ1) is 19.3. The first-order valence-electron chi connectivity index (χ1n) is 7.39. The lowest BCUT2D eigenvalue weighted by Crippen LogP contribution is -2.47. The molecule has 6 nitrogen and oxygen atoms in total. The summed E-state index contributed by atoms with van der Waals surface area (Å²) in [6.45, 7) is -0.887. The minimum absolute atomic E-state index is 0.0705. The molecule has 2 amide bonds. The Kier molecular flexibility index (Phi) is 6.18. The maximum absolute atomic E-state index is 14.1. The molecule has 0 saturated carbocycles. The Labute approximate surface area is 146 Å². The molecule has 0 aliphatic carbocycles. The third kappa shape index (κ3) is 4.73.